The summed E-state index contributed by atoms with van der Waals surface area (Å²) in [6.45, 7) is 1.33. The van der Waals surface area contributed by atoms with Crippen LogP contribution in [0.2, 0.25) is 0 Å². The summed E-state index contributed by atoms with van der Waals surface area (Å²) in [5.41, 5.74) is 0.692. The number of carbonyl (C=O) groups is 1. The molecule has 3 rings (SSSR count). The fraction of sp³-hybridized carbons (Fsp3) is 0.526. The molecule has 3 heteroatoms. The van der Waals surface area contributed by atoms with Gasteiger partial charge in [0, 0.05) is 20.1 Å². The molecule has 0 spiro atoms. The van der Waals surface area contributed by atoms with Crippen LogP contribution in [0.25, 0.3) is 0 Å². The van der Waals surface area contributed by atoms with Crippen LogP contribution in [0.3, 0.4) is 0 Å². The number of hydrogen-bond donors (Lipinski definition) is 0. The number of hydrogen-bond acceptors (Lipinski definition) is 3. The highest BCUT2D eigenvalue weighted by atomic mass is 16.5. The second-order valence-corrected chi connectivity index (χ2v) is 6.50. The van der Waals surface area contributed by atoms with E-state index in [1.807, 2.05) is 18.2 Å². The lowest BCUT2D eigenvalue weighted by molar-refractivity contribution is -0.134. The minimum absolute atomic E-state index is 0.196. The van der Waals surface area contributed by atoms with Gasteiger partial charge >= 0.3 is 0 Å². The van der Waals surface area contributed by atoms with Gasteiger partial charge in [0.15, 0.2) is 0 Å². The summed E-state index contributed by atoms with van der Waals surface area (Å²) in [6, 6.07) is 10.2. The summed E-state index contributed by atoms with van der Waals surface area (Å²) in [5.74, 6) is 0.372. The van der Waals surface area contributed by atoms with E-state index in [-0.39, 0.29) is 11.0 Å². The predicted octanol–water partition coefficient (Wildman–Crippen LogP) is 3.68. The van der Waals surface area contributed by atoms with Crippen molar-refractivity contribution >= 4 is 5.78 Å². The number of benzene rings is 1. The standard InChI is InChI=1S/C19H24O3/c1-21-19-10-8-17(20)18(15-19,11-12-19)9-5-13-22-14-16-6-3-2-4-7-16/h2-4,6-7,11-12H,5,8-10,13-15H2,1H3/t18-,19-/m1/s1. The van der Waals surface area contributed by atoms with Crippen molar-refractivity contribution < 1.29 is 14.3 Å². The van der Waals surface area contributed by atoms with Crippen LogP contribution >= 0.6 is 0 Å². The van der Waals surface area contributed by atoms with Crippen molar-refractivity contribution in [1.82, 2.24) is 0 Å². The Kier molecular flexibility index (Phi) is 4.46. The molecule has 0 radical (unpaired) electrons. The molecule has 2 aliphatic rings. The fourth-order valence-electron chi connectivity index (χ4n) is 3.71. The number of Topliss-reactive ketones (excluding diaryl/α,β-unsaturated/α-hetero) is 1. The molecule has 0 unspecified atom stereocenters. The summed E-state index contributed by atoms with van der Waals surface area (Å²) >= 11 is 0. The Morgan fingerprint density at radius 2 is 2.00 bits per heavy atom. The molecule has 1 aromatic rings. The van der Waals surface area contributed by atoms with Crippen LogP contribution in [-0.2, 0) is 20.9 Å². The number of allylic oxidation sites excluding steroid dienone is 1. The van der Waals surface area contributed by atoms with Gasteiger partial charge in [0.2, 0.25) is 0 Å². The average Bonchev–Trinajstić information content (AvgIpc) is 2.88. The van der Waals surface area contributed by atoms with E-state index in [4.69, 9.17) is 9.47 Å². The summed E-state index contributed by atoms with van der Waals surface area (Å²) in [6.07, 6.45) is 8.25. The maximum absolute atomic E-state index is 12.4. The number of ketones is 1. The summed E-state index contributed by atoms with van der Waals surface area (Å²) in [5, 5.41) is 0. The maximum Gasteiger partial charge on any atom is 0.143 e. The smallest absolute Gasteiger partial charge is 0.143 e. The molecule has 1 aromatic carbocycles. The molecular weight excluding hydrogens is 276 g/mol. The van der Waals surface area contributed by atoms with Gasteiger partial charge in [-0.05, 0) is 31.2 Å². The van der Waals surface area contributed by atoms with Crippen LogP contribution in [0, 0.1) is 5.41 Å². The van der Waals surface area contributed by atoms with Gasteiger partial charge < -0.3 is 9.47 Å². The van der Waals surface area contributed by atoms with Crippen LogP contribution in [0.1, 0.15) is 37.7 Å². The third-order valence-corrected chi connectivity index (χ3v) is 5.08. The topological polar surface area (TPSA) is 35.5 Å². The van der Waals surface area contributed by atoms with Crippen molar-refractivity contribution in [3.63, 3.8) is 0 Å². The van der Waals surface area contributed by atoms with Crippen molar-refractivity contribution in [1.29, 1.82) is 0 Å². The first-order chi connectivity index (χ1) is 10.7. The largest absolute Gasteiger partial charge is 0.377 e. The van der Waals surface area contributed by atoms with E-state index in [1.54, 1.807) is 7.11 Å². The van der Waals surface area contributed by atoms with Crippen LogP contribution in [0.5, 0.6) is 0 Å². The van der Waals surface area contributed by atoms with Crippen LogP contribution < -0.4 is 0 Å². The molecule has 2 atom stereocenters. The highest BCUT2D eigenvalue weighted by Crippen LogP contribution is 2.50. The van der Waals surface area contributed by atoms with E-state index in [0.29, 0.717) is 25.4 Å². The van der Waals surface area contributed by atoms with Crippen molar-refractivity contribution in [2.75, 3.05) is 13.7 Å². The Balaban J connectivity index is 1.47. The molecule has 1 saturated carbocycles. The second-order valence-electron chi connectivity index (χ2n) is 6.50. The van der Waals surface area contributed by atoms with Gasteiger partial charge in [-0.3, -0.25) is 4.79 Å². The first-order valence-corrected chi connectivity index (χ1v) is 8.09. The van der Waals surface area contributed by atoms with Crippen molar-refractivity contribution in [3.05, 3.63) is 48.0 Å². The second kappa shape index (κ2) is 6.35. The molecule has 22 heavy (non-hydrogen) atoms. The summed E-state index contributed by atoms with van der Waals surface area (Å²) in [4.78, 5) is 12.4. The molecule has 1 fully saturated rings. The van der Waals surface area contributed by atoms with Crippen molar-refractivity contribution in [2.24, 2.45) is 5.41 Å². The zero-order valence-electron chi connectivity index (χ0n) is 13.2. The molecule has 0 aliphatic heterocycles. The lowest BCUT2D eigenvalue weighted by atomic mass is 9.70. The van der Waals surface area contributed by atoms with Crippen LogP contribution in [0.15, 0.2) is 42.5 Å². The van der Waals surface area contributed by atoms with Gasteiger partial charge in [-0.2, -0.15) is 0 Å². The highest BCUT2D eigenvalue weighted by molar-refractivity contribution is 5.89. The summed E-state index contributed by atoms with van der Waals surface area (Å²) in [7, 11) is 1.75. The van der Waals surface area contributed by atoms with E-state index < -0.39 is 0 Å². The minimum Gasteiger partial charge on any atom is -0.377 e. The SMILES string of the molecule is CO[C@]12C=C[C@](CCCOCc3ccccc3)(C1)C(=O)CC2. The Bertz CT molecular complexity index is 551. The Morgan fingerprint density at radius 1 is 1.18 bits per heavy atom. The average molecular weight is 300 g/mol. The van der Waals surface area contributed by atoms with Gasteiger partial charge in [-0.15, -0.1) is 0 Å². The number of fused-ring (bicyclic) bond motifs is 2. The fourth-order valence-corrected chi connectivity index (χ4v) is 3.71. The normalized spacial score (nSPS) is 30.0. The van der Waals surface area contributed by atoms with Crippen molar-refractivity contribution in [2.45, 2.75) is 44.3 Å². The van der Waals surface area contributed by atoms with E-state index in [9.17, 15) is 4.79 Å². The lowest BCUT2D eigenvalue weighted by Gasteiger charge is -2.37. The summed E-state index contributed by atoms with van der Waals surface area (Å²) < 4.78 is 11.4. The molecule has 0 amide bonds. The monoisotopic (exact) mass is 300 g/mol. The van der Waals surface area contributed by atoms with E-state index in [2.05, 4.69) is 24.3 Å². The lowest BCUT2D eigenvalue weighted by Crippen LogP contribution is -2.41. The quantitative estimate of drug-likeness (QED) is 0.569. The van der Waals surface area contributed by atoms with Crippen LogP contribution in [-0.4, -0.2) is 25.1 Å². The van der Waals surface area contributed by atoms with E-state index in [1.165, 1.54) is 5.56 Å². The number of carbonyl (C=O) groups excluding carboxylic acids is 1. The Labute approximate surface area is 132 Å². The Morgan fingerprint density at radius 3 is 2.77 bits per heavy atom. The molecule has 0 aromatic heterocycles. The molecule has 0 N–H and O–H groups in total. The van der Waals surface area contributed by atoms with Gasteiger partial charge in [0.1, 0.15) is 5.78 Å². The molecule has 0 heterocycles. The predicted molar refractivity (Wildman–Crippen MR) is 85.5 cm³/mol. The third kappa shape index (κ3) is 3.01. The van der Waals surface area contributed by atoms with Gasteiger partial charge in [0.05, 0.1) is 17.6 Å². The number of ether oxygens (including phenoxy) is 2. The molecule has 2 aliphatic carbocycles. The van der Waals surface area contributed by atoms with E-state index >= 15 is 0 Å². The first kappa shape index (κ1) is 15.4. The number of rotatable bonds is 7. The molecule has 0 saturated heterocycles. The molecular formula is C19H24O3. The van der Waals surface area contributed by atoms with Crippen LogP contribution in [0.4, 0.5) is 0 Å². The molecule has 3 nitrogen and oxygen atoms in total. The first-order valence-electron chi connectivity index (χ1n) is 8.09. The molecule has 2 bridgehead atoms. The highest BCUT2D eigenvalue weighted by Gasteiger charge is 2.51. The third-order valence-electron chi connectivity index (χ3n) is 5.08. The van der Waals surface area contributed by atoms with Gasteiger partial charge in [-0.25, -0.2) is 0 Å². The zero-order valence-corrected chi connectivity index (χ0v) is 13.2. The van der Waals surface area contributed by atoms with E-state index in [0.717, 1.165) is 25.7 Å². The van der Waals surface area contributed by atoms with Crippen molar-refractivity contribution in [3.8, 4) is 0 Å². The number of methoxy groups -OCH3 is 1. The van der Waals surface area contributed by atoms with Gasteiger partial charge in [0.25, 0.3) is 0 Å². The van der Waals surface area contributed by atoms with Gasteiger partial charge in [-0.1, -0.05) is 42.5 Å². The minimum atomic E-state index is -0.301. The molecule has 118 valence electrons. The zero-order chi connectivity index (χ0) is 15.5. The maximum atomic E-state index is 12.4. The Hall–Kier alpha value is -1.45.